The van der Waals surface area contributed by atoms with E-state index < -0.39 is 58.0 Å². The fourth-order valence-corrected chi connectivity index (χ4v) is 6.37. The van der Waals surface area contributed by atoms with Crippen LogP contribution in [0.1, 0.15) is 64.5 Å². The quantitative estimate of drug-likeness (QED) is 0.147. The fraction of sp³-hybridized carbons (Fsp3) is 0.577. The molecule has 1 aromatic rings. The van der Waals surface area contributed by atoms with Crippen molar-refractivity contribution in [1.82, 2.24) is 20.9 Å². The van der Waals surface area contributed by atoms with Crippen LogP contribution < -0.4 is 21.7 Å². The van der Waals surface area contributed by atoms with Crippen LogP contribution in [-0.4, -0.2) is 79.5 Å². The maximum Gasteiger partial charge on any atom is 0.327 e. The van der Waals surface area contributed by atoms with E-state index in [1.54, 1.807) is 13.8 Å². The number of carbonyl (C=O) groups is 5. The monoisotopic (exact) mass is 563 g/mol. The van der Waals surface area contributed by atoms with Crippen molar-refractivity contribution in [3.05, 3.63) is 29.8 Å². The molecule has 3 rings (SSSR count). The standard InChI is InChI=1S/C26H37N5O7S/c1-4-5-6-7-12-28-17(33)13-16(27)21(34)29-18(14-8-10-15(32)11-9-14)22(35)30-19-23(36)31-20(25(37)38)26(2,3)39-24(19)31/h8-11,16,18-20,24,32H,4-7,12-13,27H2,1-3H3,(H,28,33)(H,29,34)(H,30,35)(H,37,38)/t16?,18?,19-,20+,24-/m1/s1. The third-order valence-corrected chi connectivity index (χ3v) is 8.41. The fourth-order valence-electron chi connectivity index (χ4n) is 4.74. The molecule has 0 bridgehead atoms. The minimum Gasteiger partial charge on any atom is -0.508 e. The van der Waals surface area contributed by atoms with Crippen LogP contribution in [0.15, 0.2) is 24.3 Å². The topological polar surface area (TPSA) is 191 Å². The molecule has 2 aliphatic heterocycles. The maximum atomic E-state index is 13.3. The lowest BCUT2D eigenvalue weighted by atomic mass is 9.95. The Morgan fingerprint density at radius 3 is 2.38 bits per heavy atom. The van der Waals surface area contributed by atoms with Gasteiger partial charge in [-0.1, -0.05) is 38.3 Å². The zero-order valence-corrected chi connectivity index (χ0v) is 23.1. The molecule has 2 heterocycles. The Hall–Kier alpha value is -3.32. The van der Waals surface area contributed by atoms with E-state index in [1.807, 2.05) is 0 Å². The number of amides is 4. The molecule has 12 nitrogen and oxygen atoms in total. The average molecular weight is 564 g/mol. The largest absolute Gasteiger partial charge is 0.508 e. The summed E-state index contributed by atoms with van der Waals surface area (Å²) in [6.07, 6.45) is 3.68. The van der Waals surface area contributed by atoms with Gasteiger partial charge in [-0.05, 0) is 38.0 Å². The first-order chi connectivity index (χ1) is 18.4. The Labute approximate surface area is 231 Å². The van der Waals surface area contributed by atoms with Crippen LogP contribution >= 0.6 is 11.8 Å². The van der Waals surface area contributed by atoms with Crippen LogP contribution in [0.5, 0.6) is 5.75 Å². The highest BCUT2D eigenvalue weighted by molar-refractivity contribution is 8.01. The van der Waals surface area contributed by atoms with Crippen LogP contribution in [0.4, 0.5) is 0 Å². The zero-order valence-electron chi connectivity index (χ0n) is 22.3. The normalized spacial score (nSPS) is 22.7. The number of aliphatic carboxylic acids is 1. The second-order valence-corrected chi connectivity index (χ2v) is 12.1. The number of carboxylic acids is 1. The van der Waals surface area contributed by atoms with E-state index in [2.05, 4.69) is 22.9 Å². The number of nitrogens with two attached hydrogens (primary N) is 1. The zero-order chi connectivity index (χ0) is 28.9. The van der Waals surface area contributed by atoms with E-state index in [9.17, 15) is 34.2 Å². The first-order valence-electron chi connectivity index (χ1n) is 13.0. The second kappa shape index (κ2) is 12.7. The molecule has 39 heavy (non-hydrogen) atoms. The average Bonchev–Trinajstić information content (AvgIpc) is 3.13. The summed E-state index contributed by atoms with van der Waals surface area (Å²) in [6.45, 7) is 6.02. The van der Waals surface area contributed by atoms with Gasteiger partial charge in [0.05, 0.1) is 12.5 Å². The van der Waals surface area contributed by atoms with E-state index >= 15 is 0 Å². The van der Waals surface area contributed by atoms with Gasteiger partial charge in [0.25, 0.3) is 0 Å². The number of β-lactam (4-membered cyclic amide) rings is 1. The number of unbranched alkanes of at least 4 members (excludes halogenated alkanes) is 3. The molecule has 2 aliphatic rings. The third-order valence-electron chi connectivity index (χ3n) is 6.84. The van der Waals surface area contributed by atoms with Gasteiger partial charge in [-0.3, -0.25) is 19.2 Å². The summed E-state index contributed by atoms with van der Waals surface area (Å²) in [4.78, 5) is 64.3. The smallest absolute Gasteiger partial charge is 0.327 e. The summed E-state index contributed by atoms with van der Waals surface area (Å²) in [6, 6.07) is 1.06. The van der Waals surface area contributed by atoms with Crippen molar-refractivity contribution in [2.24, 2.45) is 5.73 Å². The lowest BCUT2D eigenvalue weighted by molar-refractivity contribution is -0.161. The molecule has 0 radical (unpaired) electrons. The summed E-state index contributed by atoms with van der Waals surface area (Å²) >= 11 is 1.28. The van der Waals surface area contributed by atoms with Crippen molar-refractivity contribution in [1.29, 1.82) is 0 Å². The first-order valence-corrected chi connectivity index (χ1v) is 13.9. The Morgan fingerprint density at radius 2 is 1.77 bits per heavy atom. The number of thioether (sulfide) groups is 1. The molecule has 0 aromatic heterocycles. The number of carbonyl (C=O) groups excluding carboxylic acids is 4. The highest BCUT2D eigenvalue weighted by atomic mass is 32.2. The number of hydrogen-bond acceptors (Lipinski definition) is 8. The number of carboxylic acid groups (broad SMARTS) is 1. The van der Waals surface area contributed by atoms with E-state index in [0.29, 0.717) is 12.1 Å². The molecule has 4 amide bonds. The molecule has 2 unspecified atom stereocenters. The van der Waals surface area contributed by atoms with Gasteiger partial charge in [0.1, 0.15) is 29.2 Å². The van der Waals surface area contributed by atoms with Gasteiger partial charge in [0.2, 0.25) is 23.6 Å². The number of aromatic hydroxyl groups is 1. The molecular formula is C26H37N5O7S. The lowest BCUT2D eigenvalue weighted by Crippen LogP contribution is -2.71. The Morgan fingerprint density at radius 1 is 1.10 bits per heavy atom. The summed E-state index contributed by atoms with van der Waals surface area (Å²) in [5.74, 6) is -3.53. The Balaban J connectivity index is 1.66. The van der Waals surface area contributed by atoms with Crippen molar-refractivity contribution in [3.8, 4) is 5.75 Å². The Kier molecular flexibility index (Phi) is 9.83. The highest BCUT2D eigenvalue weighted by Crippen LogP contribution is 2.50. The summed E-state index contributed by atoms with van der Waals surface area (Å²) in [5.41, 5.74) is 6.28. The van der Waals surface area contributed by atoms with Gasteiger partial charge in [-0.15, -0.1) is 11.8 Å². The van der Waals surface area contributed by atoms with Crippen LogP contribution in [-0.2, 0) is 24.0 Å². The number of nitrogens with zero attached hydrogens (tertiary/aromatic N) is 1. The lowest BCUT2D eigenvalue weighted by Gasteiger charge is -2.44. The van der Waals surface area contributed by atoms with E-state index in [1.165, 1.54) is 40.9 Å². The number of hydrogen-bond donors (Lipinski definition) is 6. The van der Waals surface area contributed by atoms with E-state index in [0.717, 1.165) is 25.7 Å². The molecule has 7 N–H and O–H groups in total. The van der Waals surface area contributed by atoms with Crippen LogP contribution in [0.2, 0.25) is 0 Å². The molecule has 5 atom stereocenters. The van der Waals surface area contributed by atoms with Crippen LogP contribution in [0.3, 0.4) is 0 Å². The van der Waals surface area contributed by atoms with Crippen molar-refractivity contribution < 1.29 is 34.2 Å². The highest BCUT2D eigenvalue weighted by Gasteiger charge is 2.64. The molecule has 1 aromatic carbocycles. The Bertz CT molecular complexity index is 1100. The van der Waals surface area contributed by atoms with Crippen molar-refractivity contribution in [3.63, 3.8) is 0 Å². The number of nitrogens with one attached hydrogen (secondary N) is 3. The molecule has 0 spiro atoms. The van der Waals surface area contributed by atoms with Crippen molar-refractivity contribution in [2.75, 3.05) is 6.54 Å². The minimum atomic E-state index is -1.28. The van der Waals surface area contributed by atoms with E-state index in [4.69, 9.17) is 5.73 Å². The SMILES string of the molecule is CCCCCCNC(=O)CC(N)C(=O)NC(C(=O)N[C@@H]1C(=O)N2[C@@H]1SC(C)(C)[C@@H]2C(=O)O)c1ccc(O)cc1. The summed E-state index contributed by atoms with van der Waals surface area (Å²) < 4.78 is -0.764. The molecule has 214 valence electrons. The van der Waals surface area contributed by atoms with Gasteiger partial charge < -0.3 is 36.8 Å². The van der Waals surface area contributed by atoms with Crippen molar-refractivity contribution in [2.45, 2.75) is 87.2 Å². The predicted molar refractivity (Wildman–Crippen MR) is 144 cm³/mol. The molecule has 2 fully saturated rings. The van der Waals surface area contributed by atoms with Crippen LogP contribution in [0.25, 0.3) is 0 Å². The molecular weight excluding hydrogens is 526 g/mol. The molecule has 13 heteroatoms. The minimum absolute atomic E-state index is 0.0503. The first kappa shape index (κ1) is 30.2. The summed E-state index contributed by atoms with van der Waals surface area (Å²) in [7, 11) is 0. The molecule has 0 aliphatic carbocycles. The number of fused-ring (bicyclic) bond motifs is 1. The van der Waals surface area contributed by atoms with Gasteiger partial charge in [-0.25, -0.2) is 4.79 Å². The molecule has 0 saturated carbocycles. The molecule has 2 saturated heterocycles. The van der Waals surface area contributed by atoms with Gasteiger partial charge in [-0.2, -0.15) is 0 Å². The van der Waals surface area contributed by atoms with Gasteiger partial charge in [0.15, 0.2) is 0 Å². The second-order valence-electron chi connectivity index (χ2n) is 10.3. The number of benzene rings is 1. The number of phenols is 1. The van der Waals surface area contributed by atoms with E-state index in [-0.39, 0.29) is 18.1 Å². The van der Waals surface area contributed by atoms with Crippen LogP contribution in [0, 0.1) is 0 Å². The summed E-state index contributed by atoms with van der Waals surface area (Å²) in [5, 5.41) is 26.6. The number of phenolic OH excluding ortho intramolecular Hbond substituents is 1. The predicted octanol–water partition coefficient (Wildman–Crippen LogP) is 0.595. The third kappa shape index (κ3) is 7.01. The van der Waals surface area contributed by atoms with Gasteiger partial charge >= 0.3 is 5.97 Å². The number of rotatable bonds is 13. The van der Waals surface area contributed by atoms with Gasteiger partial charge in [0, 0.05) is 11.3 Å². The van der Waals surface area contributed by atoms with Crippen molar-refractivity contribution >= 4 is 41.4 Å². The maximum absolute atomic E-state index is 13.3.